The van der Waals surface area contributed by atoms with E-state index in [9.17, 15) is 9.18 Å². The van der Waals surface area contributed by atoms with Crippen molar-refractivity contribution in [3.05, 3.63) is 36.5 Å². The average molecular weight is 264 g/mol. The lowest BCUT2D eigenvalue weighted by Crippen LogP contribution is -2.36. The van der Waals surface area contributed by atoms with Crippen molar-refractivity contribution in [2.75, 3.05) is 11.4 Å². The highest BCUT2D eigenvalue weighted by Crippen LogP contribution is 2.38. The fourth-order valence-electron chi connectivity index (χ4n) is 2.25. The molecule has 0 spiro atoms. The van der Waals surface area contributed by atoms with Crippen LogP contribution in [0, 0.1) is 12.7 Å². The van der Waals surface area contributed by atoms with E-state index in [-0.39, 0.29) is 11.7 Å². The smallest absolute Gasteiger partial charge is 0.414 e. The maximum absolute atomic E-state index is 13.3. The maximum atomic E-state index is 13.3. The van der Waals surface area contributed by atoms with E-state index >= 15 is 0 Å². The van der Waals surface area contributed by atoms with Gasteiger partial charge in [-0.2, -0.15) is 0 Å². The molecule has 1 aliphatic rings. The first-order chi connectivity index (χ1) is 8.81. The van der Waals surface area contributed by atoms with Crippen LogP contribution in [0.5, 0.6) is 0 Å². The normalized spacial score (nSPS) is 18.4. The Kier molecular flexibility index (Phi) is 3.52. The van der Waals surface area contributed by atoms with Crippen molar-refractivity contribution >= 4 is 11.8 Å². The molecule has 0 aromatic heterocycles. The minimum absolute atomic E-state index is 0.0678. The first kappa shape index (κ1) is 13.8. The first-order valence-electron chi connectivity index (χ1n) is 6.41. The molecule has 1 aliphatic heterocycles. The predicted molar refractivity (Wildman–Crippen MR) is 72.7 cm³/mol. The maximum Gasteiger partial charge on any atom is 0.414 e. The highest BCUT2D eigenvalue weighted by molar-refractivity contribution is 5.91. The van der Waals surface area contributed by atoms with Gasteiger partial charge in [0.2, 0.25) is 0 Å². The van der Waals surface area contributed by atoms with Gasteiger partial charge >= 0.3 is 6.09 Å². The number of benzene rings is 1. The molecule has 0 N–H and O–H groups in total. The Hall–Kier alpha value is -1.58. The summed E-state index contributed by atoms with van der Waals surface area (Å²) >= 11 is 0. The molecular formula is C15H19FNO2. The minimum Gasteiger partial charge on any atom is -0.443 e. The summed E-state index contributed by atoms with van der Waals surface area (Å²) < 4.78 is 18.7. The molecule has 4 heteroatoms. The van der Waals surface area contributed by atoms with E-state index in [2.05, 4.69) is 6.92 Å². The molecule has 1 unspecified atom stereocenters. The van der Waals surface area contributed by atoms with Crippen molar-refractivity contribution in [2.24, 2.45) is 0 Å². The van der Waals surface area contributed by atoms with E-state index in [1.165, 1.54) is 12.1 Å². The highest BCUT2D eigenvalue weighted by Gasteiger charge is 2.34. The molecule has 103 valence electrons. The average Bonchev–Trinajstić information content (AvgIpc) is 2.64. The number of fused-ring (bicyclic) bond motifs is 1. The number of carbonyl (C=O) groups is 1. The molecule has 1 atom stereocenters. The molecule has 0 aliphatic carbocycles. The van der Waals surface area contributed by atoms with Crippen molar-refractivity contribution in [3.63, 3.8) is 0 Å². The van der Waals surface area contributed by atoms with Gasteiger partial charge in [-0.05, 0) is 51.0 Å². The van der Waals surface area contributed by atoms with Crippen LogP contribution >= 0.6 is 0 Å². The van der Waals surface area contributed by atoms with Gasteiger partial charge in [-0.1, -0.05) is 6.92 Å². The van der Waals surface area contributed by atoms with E-state index in [1.807, 2.05) is 20.8 Å². The van der Waals surface area contributed by atoms with Gasteiger partial charge < -0.3 is 4.74 Å². The molecule has 2 rings (SSSR count). The van der Waals surface area contributed by atoms with Crippen molar-refractivity contribution in [2.45, 2.75) is 38.7 Å². The SMILES string of the molecule is [CH2]CC1CN(C(=O)OC(C)(C)C)c2ccc(F)cc21. The van der Waals surface area contributed by atoms with Gasteiger partial charge in [0, 0.05) is 12.5 Å². The molecule has 0 bridgehead atoms. The zero-order valence-electron chi connectivity index (χ0n) is 11.6. The number of hydrogen-bond acceptors (Lipinski definition) is 2. The highest BCUT2D eigenvalue weighted by atomic mass is 19.1. The second kappa shape index (κ2) is 4.83. The fraction of sp³-hybridized carbons (Fsp3) is 0.467. The third kappa shape index (κ3) is 2.88. The lowest BCUT2D eigenvalue weighted by Gasteiger charge is -2.25. The Labute approximate surface area is 113 Å². The molecule has 0 saturated heterocycles. The summed E-state index contributed by atoms with van der Waals surface area (Å²) in [6, 6.07) is 4.47. The quantitative estimate of drug-likeness (QED) is 0.770. The van der Waals surface area contributed by atoms with Crippen molar-refractivity contribution in [3.8, 4) is 0 Å². The van der Waals surface area contributed by atoms with E-state index in [0.29, 0.717) is 13.0 Å². The minimum atomic E-state index is -0.542. The fourth-order valence-corrected chi connectivity index (χ4v) is 2.25. The Balaban J connectivity index is 2.29. The molecular weight excluding hydrogens is 245 g/mol. The number of nitrogens with zero attached hydrogens (tertiary/aromatic N) is 1. The van der Waals surface area contributed by atoms with Crippen LogP contribution in [0.2, 0.25) is 0 Å². The zero-order chi connectivity index (χ0) is 14.2. The zero-order valence-corrected chi connectivity index (χ0v) is 11.6. The third-order valence-corrected chi connectivity index (χ3v) is 3.09. The number of carbonyl (C=O) groups excluding carboxylic acids is 1. The molecule has 1 radical (unpaired) electrons. The van der Waals surface area contributed by atoms with Crippen LogP contribution in [-0.2, 0) is 4.74 Å². The summed E-state index contributed by atoms with van der Waals surface area (Å²) in [7, 11) is 0. The Bertz CT molecular complexity index is 493. The van der Waals surface area contributed by atoms with Crippen LogP contribution in [0.1, 0.15) is 38.7 Å². The molecule has 1 heterocycles. The summed E-state index contributed by atoms with van der Waals surface area (Å²) in [5.74, 6) is -0.221. The number of rotatable bonds is 1. The van der Waals surface area contributed by atoms with E-state index < -0.39 is 11.7 Å². The van der Waals surface area contributed by atoms with Crippen molar-refractivity contribution in [1.29, 1.82) is 0 Å². The van der Waals surface area contributed by atoms with E-state index in [0.717, 1.165) is 11.3 Å². The number of anilines is 1. The molecule has 0 saturated carbocycles. The number of hydrogen-bond donors (Lipinski definition) is 0. The summed E-state index contributed by atoms with van der Waals surface area (Å²) in [5, 5.41) is 0. The van der Waals surface area contributed by atoms with Crippen LogP contribution in [0.15, 0.2) is 18.2 Å². The molecule has 0 fully saturated rings. The summed E-state index contributed by atoms with van der Waals surface area (Å²) in [6.07, 6.45) is 0.228. The summed E-state index contributed by atoms with van der Waals surface area (Å²) in [4.78, 5) is 13.7. The van der Waals surface area contributed by atoms with Gasteiger partial charge in [0.05, 0.1) is 5.69 Å². The second-order valence-electron chi connectivity index (χ2n) is 5.78. The number of ether oxygens (including phenoxy) is 1. The van der Waals surface area contributed by atoms with Gasteiger partial charge in [-0.25, -0.2) is 9.18 Å². The molecule has 1 aromatic rings. The van der Waals surface area contributed by atoms with Crippen molar-refractivity contribution < 1.29 is 13.9 Å². The van der Waals surface area contributed by atoms with Crippen LogP contribution in [0.3, 0.4) is 0 Å². The number of halogens is 1. The summed E-state index contributed by atoms with van der Waals surface area (Å²) in [6.45, 7) is 9.84. The van der Waals surface area contributed by atoms with Gasteiger partial charge in [0.15, 0.2) is 0 Å². The molecule has 3 nitrogen and oxygen atoms in total. The van der Waals surface area contributed by atoms with Gasteiger partial charge in [0.25, 0.3) is 0 Å². The van der Waals surface area contributed by atoms with Gasteiger partial charge in [0.1, 0.15) is 11.4 Å². The lowest BCUT2D eigenvalue weighted by atomic mass is 9.99. The van der Waals surface area contributed by atoms with Crippen LogP contribution in [0.4, 0.5) is 14.9 Å². The Morgan fingerprint density at radius 3 is 2.79 bits per heavy atom. The summed E-state index contributed by atoms with van der Waals surface area (Å²) in [5.41, 5.74) is 1.02. The predicted octanol–water partition coefficient (Wildman–Crippen LogP) is 3.89. The molecule has 19 heavy (non-hydrogen) atoms. The molecule has 1 amide bonds. The van der Waals surface area contributed by atoms with Gasteiger partial charge in [-0.3, -0.25) is 4.90 Å². The number of amides is 1. The second-order valence-corrected chi connectivity index (χ2v) is 5.78. The standard InChI is InChI=1S/C15H19FNO2/c1-5-10-9-17(14(18)19-15(2,3)4)13-7-6-11(16)8-12(10)13/h6-8,10H,1,5,9H2,2-4H3. The van der Waals surface area contributed by atoms with Crippen molar-refractivity contribution in [1.82, 2.24) is 0 Å². The largest absolute Gasteiger partial charge is 0.443 e. The molecule has 1 aromatic carbocycles. The monoisotopic (exact) mass is 264 g/mol. The van der Waals surface area contributed by atoms with E-state index in [4.69, 9.17) is 4.74 Å². The van der Waals surface area contributed by atoms with Gasteiger partial charge in [-0.15, -0.1) is 0 Å². The van der Waals surface area contributed by atoms with Crippen LogP contribution < -0.4 is 4.90 Å². The Morgan fingerprint density at radius 1 is 1.53 bits per heavy atom. The van der Waals surface area contributed by atoms with E-state index in [1.54, 1.807) is 11.0 Å². The lowest BCUT2D eigenvalue weighted by molar-refractivity contribution is 0.0582. The topological polar surface area (TPSA) is 29.5 Å². The Morgan fingerprint density at radius 2 is 2.21 bits per heavy atom. The third-order valence-electron chi connectivity index (χ3n) is 3.09. The van der Waals surface area contributed by atoms with Crippen LogP contribution in [0.25, 0.3) is 0 Å². The first-order valence-corrected chi connectivity index (χ1v) is 6.41. The van der Waals surface area contributed by atoms with Crippen LogP contribution in [-0.4, -0.2) is 18.2 Å².